The van der Waals surface area contributed by atoms with Crippen LogP contribution < -0.4 is 15.0 Å². The van der Waals surface area contributed by atoms with Gasteiger partial charge in [0.2, 0.25) is 0 Å². The molecular weight excluding hydrogens is 494 g/mol. The molecule has 0 bridgehead atoms. The number of hydroxylamine groups is 2. The van der Waals surface area contributed by atoms with Crippen LogP contribution in [0.15, 0.2) is 48.5 Å². The fourth-order valence-corrected chi connectivity index (χ4v) is 2.56. The number of ether oxygens (including phenoxy) is 5. The Hall–Kier alpha value is -3.98. The van der Waals surface area contributed by atoms with Crippen LogP contribution in [0.4, 0.5) is 21.0 Å². The summed E-state index contributed by atoms with van der Waals surface area (Å²) in [6, 6.07) is 11.0. The van der Waals surface area contributed by atoms with Gasteiger partial charge < -0.3 is 23.7 Å². The molecule has 0 aliphatic heterocycles. The molecule has 14 heteroatoms. The fraction of sp³-hybridized carbons (Fsp3) is 0.391. The smallest absolute Gasteiger partial charge is 0.434 e. The number of nitro groups is 1. The van der Waals surface area contributed by atoms with Gasteiger partial charge in [-0.3, -0.25) is 25.6 Å². The van der Waals surface area contributed by atoms with E-state index >= 15 is 0 Å². The average Bonchev–Trinajstić information content (AvgIpc) is 2.86. The number of nitrogens with zero attached hydrogens (tertiary/aromatic N) is 2. The van der Waals surface area contributed by atoms with Crippen LogP contribution in [0.3, 0.4) is 0 Å². The number of anilines is 1. The van der Waals surface area contributed by atoms with Gasteiger partial charge in [0.1, 0.15) is 31.4 Å². The van der Waals surface area contributed by atoms with Gasteiger partial charge in [-0.1, -0.05) is 0 Å². The number of hydrogen-bond donors (Lipinski definition) is 2. The van der Waals surface area contributed by atoms with Crippen molar-refractivity contribution >= 4 is 23.7 Å². The van der Waals surface area contributed by atoms with Gasteiger partial charge in [-0.25, -0.2) is 9.59 Å². The summed E-state index contributed by atoms with van der Waals surface area (Å²) >= 11 is 0. The minimum absolute atomic E-state index is 0.0277. The fourth-order valence-electron chi connectivity index (χ4n) is 2.56. The molecule has 2 aromatic rings. The van der Waals surface area contributed by atoms with Crippen molar-refractivity contribution in [2.24, 2.45) is 0 Å². The standard InChI is InChI=1S/C23H29N3O11/c1-23(2,12-13-32-21(27)36-19-8-4-17(24-29)5-9-19)34-16-25(3)35-15-14-33-22(28)37-20-10-6-18(7-11-20)26(30)31/h4-11,24,29H,12-16H2,1-3H3. The summed E-state index contributed by atoms with van der Waals surface area (Å²) < 4.78 is 25.7. The van der Waals surface area contributed by atoms with E-state index in [2.05, 4.69) is 0 Å². The Morgan fingerprint density at radius 2 is 1.49 bits per heavy atom. The summed E-state index contributed by atoms with van der Waals surface area (Å²) in [6.07, 6.45) is -1.47. The molecule has 14 nitrogen and oxygen atoms in total. The van der Waals surface area contributed by atoms with Crippen molar-refractivity contribution < 1.29 is 48.2 Å². The highest BCUT2D eigenvalue weighted by atomic mass is 16.7. The Balaban J connectivity index is 1.56. The van der Waals surface area contributed by atoms with Gasteiger partial charge in [0.15, 0.2) is 0 Å². The first-order valence-corrected chi connectivity index (χ1v) is 11.0. The third kappa shape index (κ3) is 11.5. The van der Waals surface area contributed by atoms with Crippen molar-refractivity contribution in [3.05, 3.63) is 58.6 Å². The molecule has 0 saturated heterocycles. The number of benzene rings is 2. The highest BCUT2D eigenvalue weighted by molar-refractivity contribution is 5.64. The van der Waals surface area contributed by atoms with E-state index in [4.69, 9.17) is 33.7 Å². The summed E-state index contributed by atoms with van der Waals surface area (Å²) in [5.41, 5.74) is 1.63. The second-order valence-corrected chi connectivity index (χ2v) is 8.03. The quantitative estimate of drug-likeness (QED) is 0.0906. The number of hydrogen-bond acceptors (Lipinski definition) is 13. The number of nitrogens with one attached hydrogen (secondary N) is 1. The highest BCUT2D eigenvalue weighted by Crippen LogP contribution is 2.19. The minimum Gasteiger partial charge on any atom is -0.434 e. The molecule has 0 atom stereocenters. The van der Waals surface area contributed by atoms with Crippen molar-refractivity contribution in [3.63, 3.8) is 0 Å². The van der Waals surface area contributed by atoms with Crippen LogP contribution in [0.2, 0.25) is 0 Å². The van der Waals surface area contributed by atoms with Crippen LogP contribution in [0.1, 0.15) is 20.3 Å². The van der Waals surface area contributed by atoms with E-state index in [0.717, 1.165) is 0 Å². The van der Waals surface area contributed by atoms with Gasteiger partial charge >= 0.3 is 12.3 Å². The molecule has 0 aromatic heterocycles. The monoisotopic (exact) mass is 523 g/mol. The molecule has 0 unspecified atom stereocenters. The summed E-state index contributed by atoms with van der Waals surface area (Å²) in [5, 5.41) is 20.8. The Morgan fingerprint density at radius 1 is 0.946 bits per heavy atom. The van der Waals surface area contributed by atoms with Crippen LogP contribution in [0.25, 0.3) is 0 Å². The lowest BCUT2D eigenvalue weighted by Gasteiger charge is -2.27. The predicted octanol–water partition coefficient (Wildman–Crippen LogP) is 4.13. The topological polar surface area (TPSA) is 168 Å². The first-order chi connectivity index (χ1) is 17.6. The van der Waals surface area contributed by atoms with E-state index < -0.39 is 22.8 Å². The van der Waals surface area contributed by atoms with E-state index in [1.165, 1.54) is 53.6 Å². The Kier molecular flexibility index (Phi) is 11.5. The lowest BCUT2D eigenvalue weighted by molar-refractivity contribution is -0.384. The normalized spacial score (nSPS) is 11.1. The van der Waals surface area contributed by atoms with Gasteiger partial charge in [0, 0.05) is 25.6 Å². The van der Waals surface area contributed by atoms with Crippen molar-refractivity contribution in [2.45, 2.75) is 25.9 Å². The molecule has 2 aromatic carbocycles. The van der Waals surface area contributed by atoms with Crippen molar-refractivity contribution in [2.75, 3.05) is 39.1 Å². The van der Waals surface area contributed by atoms with Gasteiger partial charge in [0.25, 0.3) is 5.69 Å². The second kappa shape index (κ2) is 14.5. The zero-order valence-corrected chi connectivity index (χ0v) is 20.6. The third-order valence-corrected chi connectivity index (χ3v) is 4.61. The maximum Gasteiger partial charge on any atom is 0.513 e. The predicted molar refractivity (Wildman–Crippen MR) is 127 cm³/mol. The number of carbonyl (C=O) groups is 2. The first-order valence-electron chi connectivity index (χ1n) is 11.0. The lowest BCUT2D eigenvalue weighted by atomic mass is 10.1. The van der Waals surface area contributed by atoms with Gasteiger partial charge in [-0.15, -0.1) is 0 Å². The van der Waals surface area contributed by atoms with Crippen molar-refractivity contribution in [1.29, 1.82) is 0 Å². The van der Waals surface area contributed by atoms with Crippen LogP contribution in [-0.4, -0.2) is 66.7 Å². The Bertz CT molecular complexity index is 1010. The molecule has 0 amide bonds. The number of carbonyl (C=O) groups excluding carboxylic acids is 2. The van der Waals surface area contributed by atoms with E-state index in [-0.39, 0.29) is 43.7 Å². The van der Waals surface area contributed by atoms with E-state index in [9.17, 15) is 19.7 Å². The molecule has 202 valence electrons. The molecule has 2 N–H and O–H groups in total. The van der Waals surface area contributed by atoms with Crippen LogP contribution >= 0.6 is 0 Å². The van der Waals surface area contributed by atoms with E-state index in [1.807, 2.05) is 19.3 Å². The highest BCUT2D eigenvalue weighted by Gasteiger charge is 2.21. The molecule has 0 saturated carbocycles. The number of nitro benzene ring substituents is 1. The Labute approximate surface area is 212 Å². The maximum absolute atomic E-state index is 11.8. The van der Waals surface area contributed by atoms with Crippen LogP contribution in [-0.2, 0) is 19.0 Å². The molecule has 0 radical (unpaired) electrons. The van der Waals surface area contributed by atoms with E-state index in [0.29, 0.717) is 12.1 Å². The van der Waals surface area contributed by atoms with Crippen molar-refractivity contribution in [1.82, 2.24) is 5.06 Å². The zero-order valence-electron chi connectivity index (χ0n) is 20.6. The summed E-state index contributed by atoms with van der Waals surface area (Å²) in [4.78, 5) is 38.9. The van der Waals surface area contributed by atoms with E-state index in [1.54, 1.807) is 7.05 Å². The van der Waals surface area contributed by atoms with Gasteiger partial charge in [0.05, 0.1) is 22.8 Å². The summed E-state index contributed by atoms with van der Waals surface area (Å²) in [5.74, 6) is 0.373. The molecule has 0 heterocycles. The zero-order chi connectivity index (χ0) is 27.3. The molecule has 2 rings (SSSR count). The number of non-ortho nitro benzene ring substituents is 1. The maximum atomic E-state index is 11.8. The van der Waals surface area contributed by atoms with Crippen LogP contribution in [0.5, 0.6) is 11.5 Å². The van der Waals surface area contributed by atoms with Gasteiger partial charge in [-0.2, -0.15) is 5.06 Å². The molecule has 37 heavy (non-hydrogen) atoms. The van der Waals surface area contributed by atoms with Gasteiger partial charge in [-0.05, 0) is 50.2 Å². The molecule has 0 fully saturated rings. The van der Waals surface area contributed by atoms with Crippen LogP contribution in [0, 0.1) is 10.1 Å². The molecule has 0 aliphatic carbocycles. The largest absolute Gasteiger partial charge is 0.513 e. The van der Waals surface area contributed by atoms with Crippen molar-refractivity contribution in [3.8, 4) is 11.5 Å². The number of rotatable bonds is 14. The first kappa shape index (κ1) is 29.3. The second-order valence-electron chi connectivity index (χ2n) is 8.03. The summed E-state index contributed by atoms with van der Waals surface area (Å²) in [6.45, 7) is 3.68. The average molecular weight is 523 g/mol. The summed E-state index contributed by atoms with van der Waals surface area (Å²) in [7, 11) is 1.62. The molecule has 0 spiro atoms. The Morgan fingerprint density at radius 3 is 2.03 bits per heavy atom. The third-order valence-electron chi connectivity index (χ3n) is 4.61. The molecular formula is C23H29N3O11. The lowest BCUT2D eigenvalue weighted by Crippen LogP contribution is -2.34. The minimum atomic E-state index is -0.977. The SMILES string of the molecule is CN(COC(C)(C)CCOC(=O)Oc1ccc(NO)cc1)OCCOC(=O)Oc1ccc([N+](=O)[O-])cc1. The molecule has 0 aliphatic rings.